The maximum absolute atomic E-state index is 12.9. The van der Waals surface area contributed by atoms with E-state index in [-0.39, 0.29) is 10.7 Å². The van der Waals surface area contributed by atoms with Crippen molar-refractivity contribution in [1.29, 1.82) is 0 Å². The van der Waals surface area contributed by atoms with Crippen LogP contribution < -0.4 is 4.72 Å². The fourth-order valence-electron chi connectivity index (χ4n) is 2.28. The van der Waals surface area contributed by atoms with Crippen molar-refractivity contribution >= 4 is 38.2 Å². The van der Waals surface area contributed by atoms with Gasteiger partial charge in [0.25, 0.3) is 10.0 Å². The number of halogens is 4. The normalized spacial score (nSPS) is 12.3. The summed E-state index contributed by atoms with van der Waals surface area (Å²) in [5.74, 6) is 0. The Kier molecular flexibility index (Phi) is 4.34. The van der Waals surface area contributed by atoms with Crippen molar-refractivity contribution < 1.29 is 21.6 Å². The van der Waals surface area contributed by atoms with Crippen molar-refractivity contribution in [2.75, 3.05) is 4.72 Å². The fourth-order valence-corrected chi connectivity index (χ4v) is 3.88. The summed E-state index contributed by atoms with van der Waals surface area (Å²) < 4.78 is 66.0. The van der Waals surface area contributed by atoms with E-state index in [0.717, 1.165) is 12.1 Å². The summed E-state index contributed by atoms with van der Waals surface area (Å²) in [6.07, 6.45) is -3.14. The zero-order valence-corrected chi connectivity index (χ0v) is 14.0. The molecule has 0 unspecified atom stereocenters. The number of alkyl halides is 3. The molecule has 0 aliphatic rings. The molecule has 4 nitrogen and oxygen atoms in total. The summed E-state index contributed by atoms with van der Waals surface area (Å²) in [5.41, 5.74) is -0.367. The Labute approximate surface area is 146 Å². The number of pyridine rings is 1. The standard InChI is InChI=1S/C16H10ClF3N2O2S/c17-12-7-6-10(16(18,19)20)9-15(12)25(23,24)22-14-5-1-4-13-11(14)3-2-8-21-13/h1-9,22H. The van der Waals surface area contributed by atoms with Crippen LogP contribution in [-0.2, 0) is 16.2 Å². The number of sulfonamides is 1. The highest BCUT2D eigenvalue weighted by Crippen LogP contribution is 2.34. The van der Waals surface area contributed by atoms with Gasteiger partial charge in [-0.1, -0.05) is 17.7 Å². The number of aromatic nitrogens is 1. The van der Waals surface area contributed by atoms with Crippen molar-refractivity contribution in [2.45, 2.75) is 11.1 Å². The van der Waals surface area contributed by atoms with E-state index in [4.69, 9.17) is 11.6 Å². The van der Waals surface area contributed by atoms with Gasteiger partial charge in [0.1, 0.15) is 4.90 Å². The van der Waals surface area contributed by atoms with Gasteiger partial charge in [0.05, 0.1) is 21.8 Å². The van der Waals surface area contributed by atoms with Gasteiger partial charge < -0.3 is 0 Å². The van der Waals surface area contributed by atoms with Gasteiger partial charge in [-0.05, 0) is 42.5 Å². The van der Waals surface area contributed by atoms with Gasteiger partial charge in [0.15, 0.2) is 0 Å². The van der Waals surface area contributed by atoms with E-state index < -0.39 is 26.7 Å². The van der Waals surface area contributed by atoms with E-state index in [0.29, 0.717) is 17.0 Å². The predicted octanol–water partition coefficient (Wildman–Crippen LogP) is 4.71. The smallest absolute Gasteiger partial charge is 0.279 e. The molecule has 9 heteroatoms. The number of benzene rings is 2. The molecule has 0 aliphatic carbocycles. The Hall–Kier alpha value is -2.32. The number of nitrogens with one attached hydrogen (secondary N) is 1. The molecule has 130 valence electrons. The molecule has 0 spiro atoms. The molecule has 0 fully saturated rings. The second-order valence-corrected chi connectivity index (χ2v) is 7.18. The molecule has 1 N–H and O–H groups in total. The van der Waals surface area contributed by atoms with E-state index in [1.54, 1.807) is 30.5 Å². The van der Waals surface area contributed by atoms with E-state index in [9.17, 15) is 21.6 Å². The van der Waals surface area contributed by atoms with Crippen LogP contribution in [0.15, 0.2) is 59.6 Å². The SMILES string of the molecule is O=S(=O)(Nc1cccc2ncccc12)c1cc(C(F)(F)F)ccc1Cl. The molecule has 3 rings (SSSR count). The molecule has 0 amide bonds. The highest BCUT2D eigenvalue weighted by atomic mass is 35.5. The van der Waals surface area contributed by atoms with E-state index in [1.165, 1.54) is 6.07 Å². The molecule has 2 aromatic carbocycles. The molecule has 1 aromatic heterocycles. The quantitative estimate of drug-likeness (QED) is 0.709. The Bertz CT molecular complexity index is 1050. The van der Waals surface area contributed by atoms with Gasteiger partial charge in [-0.2, -0.15) is 13.2 Å². The van der Waals surface area contributed by atoms with Crippen LogP contribution in [-0.4, -0.2) is 13.4 Å². The number of hydrogen-bond acceptors (Lipinski definition) is 3. The Morgan fingerprint density at radius 1 is 1.04 bits per heavy atom. The number of hydrogen-bond donors (Lipinski definition) is 1. The molecular weight excluding hydrogens is 377 g/mol. The zero-order chi connectivity index (χ0) is 18.2. The first kappa shape index (κ1) is 17.5. The first-order chi connectivity index (χ1) is 11.7. The van der Waals surface area contributed by atoms with Crippen LogP contribution in [0.25, 0.3) is 10.9 Å². The summed E-state index contributed by atoms with van der Waals surface area (Å²) in [6.45, 7) is 0. The highest BCUT2D eigenvalue weighted by molar-refractivity contribution is 7.92. The minimum atomic E-state index is -4.68. The first-order valence-electron chi connectivity index (χ1n) is 6.92. The zero-order valence-electron chi connectivity index (χ0n) is 12.4. The Morgan fingerprint density at radius 2 is 1.80 bits per heavy atom. The van der Waals surface area contributed by atoms with E-state index >= 15 is 0 Å². The van der Waals surface area contributed by atoms with Gasteiger partial charge in [-0.25, -0.2) is 8.42 Å². The summed E-state index contributed by atoms with van der Waals surface area (Å²) in [6, 6.07) is 10.2. The Morgan fingerprint density at radius 3 is 2.52 bits per heavy atom. The molecular formula is C16H10ClF3N2O2S. The maximum Gasteiger partial charge on any atom is 0.416 e. The van der Waals surface area contributed by atoms with E-state index in [1.807, 2.05) is 0 Å². The molecule has 0 radical (unpaired) electrons. The summed E-state index contributed by atoms with van der Waals surface area (Å²) in [5, 5.41) is 0.204. The number of nitrogens with zero attached hydrogens (tertiary/aromatic N) is 1. The highest BCUT2D eigenvalue weighted by Gasteiger charge is 2.32. The Balaban J connectivity index is 2.08. The molecule has 0 saturated carbocycles. The van der Waals surface area contributed by atoms with Crippen molar-refractivity contribution in [1.82, 2.24) is 4.98 Å². The predicted molar refractivity (Wildman–Crippen MR) is 89.0 cm³/mol. The average Bonchev–Trinajstić information content (AvgIpc) is 2.54. The van der Waals surface area contributed by atoms with Crippen LogP contribution in [0.5, 0.6) is 0 Å². The third-order valence-electron chi connectivity index (χ3n) is 3.44. The monoisotopic (exact) mass is 386 g/mol. The van der Waals surface area contributed by atoms with Crippen molar-refractivity contribution in [2.24, 2.45) is 0 Å². The van der Waals surface area contributed by atoms with Gasteiger partial charge >= 0.3 is 6.18 Å². The first-order valence-corrected chi connectivity index (χ1v) is 8.78. The van der Waals surface area contributed by atoms with Crippen LogP contribution in [0.1, 0.15) is 5.56 Å². The molecule has 1 heterocycles. The molecule has 3 aromatic rings. The van der Waals surface area contributed by atoms with Gasteiger partial charge in [0, 0.05) is 11.6 Å². The van der Waals surface area contributed by atoms with Crippen LogP contribution in [0.3, 0.4) is 0 Å². The summed E-state index contributed by atoms with van der Waals surface area (Å²) >= 11 is 5.82. The lowest BCUT2D eigenvalue weighted by atomic mass is 10.2. The van der Waals surface area contributed by atoms with Crippen LogP contribution in [0.2, 0.25) is 5.02 Å². The molecule has 0 atom stereocenters. The third kappa shape index (κ3) is 3.54. The summed E-state index contributed by atoms with van der Waals surface area (Å²) in [4.78, 5) is 3.45. The molecule has 0 aliphatic heterocycles. The largest absolute Gasteiger partial charge is 0.416 e. The van der Waals surface area contributed by atoms with Crippen molar-refractivity contribution in [3.05, 3.63) is 65.3 Å². The number of anilines is 1. The minimum absolute atomic E-state index is 0.194. The molecule has 0 saturated heterocycles. The van der Waals surface area contributed by atoms with Crippen LogP contribution in [0.4, 0.5) is 18.9 Å². The van der Waals surface area contributed by atoms with Gasteiger partial charge in [0.2, 0.25) is 0 Å². The average molecular weight is 387 g/mol. The second kappa shape index (κ2) is 6.20. The lowest BCUT2D eigenvalue weighted by Gasteiger charge is -2.13. The van der Waals surface area contributed by atoms with Crippen LogP contribution in [0, 0.1) is 0 Å². The maximum atomic E-state index is 12.9. The van der Waals surface area contributed by atoms with Gasteiger partial charge in [-0.3, -0.25) is 9.71 Å². The minimum Gasteiger partial charge on any atom is -0.279 e. The molecule has 25 heavy (non-hydrogen) atoms. The summed E-state index contributed by atoms with van der Waals surface area (Å²) in [7, 11) is -4.33. The van der Waals surface area contributed by atoms with Gasteiger partial charge in [-0.15, -0.1) is 0 Å². The lowest BCUT2D eigenvalue weighted by Crippen LogP contribution is -2.15. The number of rotatable bonds is 3. The van der Waals surface area contributed by atoms with Crippen molar-refractivity contribution in [3.8, 4) is 0 Å². The van der Waals surface area contributed by atoms with Crippen molar-refractivity contribution in [3.63, 3.8) is 0 Å². The third-order valence-corrected chi connectivity index (χ3v) is 5.29. The number of fused-ring (bicyclic) bond motifs is 1. The lowest BCUT2D eigenvalue weighted by molar-refractivity contribution is -0.137. The fraction of sp³-hybridized carbons (Fsp3) is 0.0625. The van der Waals surface area contributed by atoms with E-state index in [2.05, 4.69) is 9.71 Å². The van der Waals surface area contributed by atoms with Crippen LogP contribution >= 0.6 is 11.6 Å². The second-order valence-electron chi connectivity index (χ2n) is 5.12. The molecule has 0 bridgehead atoms. The topological polar surface area (TPSA) is 59.1 Å².